The lowest BCUT2D eigenvalue weighted by molar-refractivity contribution is -0.186. The molecule has 0 bridgehead atoms. The van der Waals surface area contributed by atoms with E-state index in [-0.39, 0.29) is 12.2 Å². The second-order valence-electron chi connectivity index (χ2n) is 6.26. The molecule has 2 aromatic carbocycles. The quantitative estimate of drug-likeness (QED) is 0.800. The van der Waals surface area contributed by atoms with Gasteiger partial charge in [0.2, 0.25) is 0 Å². The van der Waals surface area contributed by atoms with Crippen molar-refractivity contribution in [3.8, 4) is 0 Å². The number of ether oxygens (including phenoxy) is 1. The summed E-state index contributed by atoms with van der Waals surface area (Å²) in [6.45, 7) is 4.80. The van der Waals surface area contributed by atoms with Crippen molar-refractivity contribution in [2.75, 3.05) is 11.9 Å². The summed E-state index contributed by atoms with van der Waals surface area (Å²) in [5, 5.41) is 3.35. The fourth-order valence-electron chi connectivity index (χ4n) is 2.80. The average molecular weight is 340 g/mol. The molecule has 3 rings (SSSR count). The van der Waals surface area contributed by atoms with Crippen LogP contribution >= 0.6 is 0 Å². The number of rotatable bonds is 5. The van der Waals surface area contributed by atoms with Crippen LogP contribution in [-0.2, 0) is 9.57 Å². The van der Waals surface area contributed by atoms with E-state index in [9.17, 15) is 4.79 Å². The van der Waals surface area contributed by atoms with E-state index in [1.54, 1.807) is 6.07 Å². The number of para-hydroxylation sites is 1. The molecule has 1 atom stereocenters. The van der Waals surface area contributed by atoms with Crippen LogP contribution in [0, 0.1) is 13.8 Å². The van der Waals surface area contributed by atoms with Gasteiger partial charge in [-0.05, 0) is 56.0 Å². The van der Waals surface area contributed by atoms with Gasteiger partial charge < -0.3 is 10.1 Å². The number of benzene rings is 2. The zero-order valence-electron chi connectivity index (χ0n) is 14.7. The van der Waals surface area contributed by atoms with E-state index < -0.39 is 0 Å². The van der Waals surface area contributed by atoms with Gasteiger partial charge in [-0.25, -0.2) is 10.3 Å². The lowest BCUT2D eigenvalue weighted by Gasteiger charge is -2.22. The Hall–Kier alpha value is -2.37. The average Bonchev–Trinajstić information content (AvgIpc) is 2.65. The van der Waals surface area contributed by atoms with E-state index in [1.807, 2.05) is 30.3 Å². The van der Waals surface area contributed by atoms with Crippen molar-refractivity contribution in [2.45, 2.75) is 39.4 Å². The Morgan fingerprint density at radius 1 is 1.08 bits per heavy atom. The fourth-order valence-corrected chi connectivity index (χ4v) is 2.80. The van der Waals surface area contributed by atoms with Crippen LogP contribution in [0.1, 0.15) is 40.7 Å². The summed E-state index contributed by atoms with van der Waals surface area (Å²) in [6.07, 6.45) is 2.52. The fraction of sp³-hybridized carbons (Fsp3) is 0.350. The highest BCUT2D eigenvalue weighted by atomic mass is 16.8. The van der Waals surface area contributed by atoms with Crippen molar-refractivity contribution in [1.29, 1.82) is 0 Å². The topological polar surface area (TPSA) is 59.6 Å². The first-order valence-electron chi connectivity index (χ1n) is 8.65. The Morgan fingerprint density at radius 3 is 2.68 bits per heavy atom. The van der Waals surface area contributed by atoms with E-state index in [0.717, 1.165) is 36.2 Å². The second kappa shape index (κ2) is 8.14. The molecule has 0 unspecified atom stereocenters. The second-order valence-corrected chi connectivity index (χ2v) is 6.26. The maximum Gasteiger partial charge on any atom is 0.277 e. The molecule has 0 radical (unpaired) electrons. The van der Waals surface area contributed by atoms with Crippen LogP contribution in [-0.4, -0.2) is 18.8 Å². The maximum atomic E-state index is 12.5. The predicted octanol–water partition coefficient (Wildman–Crippen LogP) is 4.24. The van der Waals surface area contributed by atoms with E-state index in [0.29, 0.717) is 12.2 Å². The lowest BCUT2D eigenvalue weighted by atomic mass is 10.1. The molecule has 5 heteroatoms. The van der Waals surface area contributed by atoms with Gasteiger partial charge in [0.15, 0.2) is 6.29 Å². The number of aryl methyl sites for hydroxylation is 1. The minimum Gasteiger partial charge on any atom is -0.355 e. The largest absolute Gasteiger partial charge is 0.355 e. The zero-order chi connectivity index (χ0) is 17.6. The third-order valence-electron chi connectivity index (χ3n) is 4.47. The highest BCUT2D eigenvalue weighted by Crippen LogP contribution is 2.25. The van der Waals surface area contributed by atoms with Gasteiger partial charge in [0, 0.05) is 18.7 Å². The number of anilines is 2. The molecule has 2 N–H and O–H groups in total. The Bertz CT molecular complexity index is 739. The van der Waals surface area contributed by atoms with Crippen LogP contribution in [0.4, 0.5) is 11.4 Å². The van der Waals surface area contributed by atoms with Crippen LogP contribution in [0.2, 0.25) is 0 Å². The first kappa shape index (κ1) is 17.5. The van der Waals surface area contributed by atoms with Crippen molar-refractivity contribution in [2.24, 2.45) is 0 Å². The molecule has 0 saturated carbocycles. The number of amides is 1. The van der Waals surface area contributed by atoms with Crippen LogP contribution in [0.3, 0.4) is 0 Å². The minimum absolute atomic E-state index is 0.289. The summed E-state index contributed by atoms with van der Waals surface area (Å²) in [5.41, 5.74) is 7.12. The Balaban J connectivity index is 1.71. The number of carbonyl (C=O) groups is 1. The van der Waals surface area contributed by atoms with Gasteiger partial charge >= 0.3 is 0 Å². The van der Waals surface area contributed by atoms with Gasteiger partial charge in [-0.1, -0.05) is 24.3 Å². The van der Waals surface area contributed by atoms with Crippen molar-refractivity contribution in [3.05, 3.63) is 59.2 Å². The van der Waals surface area contributed by atoms with Gasteiger partial charge in [-0.2, -0.15) is 0 Å². The molecular formula is C20H24N2O3. The van der Waals surface area contributed by atoms with E-state index in [4.69, 9.17) is 9.57 Å². The predicted molar refractivity (Wildman–Crippen MR) is 97.8 cm³/mol. The molecule has 1 heterocycles. The number of hydrogen-bond acceptors (Lipinski definition) is 4. The zero-order valence-corrected chi connectivity index (χ0v) is 14.7. The SMILES string of the molecule is Cc1cccc(Nc2ccccc2C(=O)NO[C@@H]2CCCCO2)c1C. The monoisotopic (exact) mass is 340 g/mol. The third kappa shape index (κ3) is 4.38. The molecule has 0 spiro atoms. The van der Waals surface area contributed by atoms with E-state index in [2.05, 4.69) is 30.7 Å². The number of hydrogen-bond donors (Lipinski definition) is 2. The minimum atomic E-state index is -0.364. The molecule has 1 fully saturated rings. The van der Waals surface area contributed by atoms with Gasteiger partial charge in [0.1, 0.15) is 0 Å². The molecule has 1 aliphatic heterocycles. The smallest absolute Gasteiger partial charge is 0.277 e. The van der Waals surface area contributed by atoms with Crippen molar-refractivity contribution >= 4 is 17.3 Å². The van der Waals surface area contributed by atoms with Gasteiger partial charge in [-0.15, -0.1) is 0 Å². The van der Waals surface area contributed by atoms with E-state index >= 15 is 0 Å². The first-order chi connectivity index (χ1) is 12.1. The standard InChI is InChI=1S/C20H24N2O3/c1-14-8-7-11-17(15(14)2)21-18-10-4-3-9-16(18)20(23)22-25-19-12-5-6-13-24-19/h3-4,7-11,19,21H,5-6,12-13H2,1-2H3,(H,22,23)/t19-/m1/s1. The lowest BCUT2D eigenvalue weighted by Crippen LogP contribution is -2.33. The van der Waals surface area contributed by atoms with Crippen molar-refractivity contribution < 1.29 is 14.4 Å². The molecule has 0 aliphatic carbocycles. The Labute approximate surface area is 148 Å². The van der Waals surface area contributed by atoms with E-state index in [1.165, 1.54) is 5.56 Å². The molecular weight excluding hydrogens is 316 g/mol. The molecule has 0 aromatic heterocycles. The van der Waals surface area contributed by atoms with Crippen LogP contribution in [0.15, 0.2) is 42.5 Å². The highest BCUT2D eigenvalue weighted by Gasteiger charge is 2.18. The number of carbonyl (C=O) groups excluding carboxylic acids is 1. The number of nitrogens with one attached hydrogen (secondary N) is 2. The van der Waals surface area contributed by atoms with Crippen molar-refractivity contribution in [1.82, 2.24) is 5.48 Å². The molecule has 1 amide bonds. The van der Waals surface area contributed by atoms with Crippen molar-refractivity contribution in [3.63, 3.8) is 0 Å². The first-order valence-corrected chi connectivity index (χ1v) is 8.65. The molecule has 132 valence electrons. The van der Waals surface area contributed by atoms with Crippen LogP contribution < -0.4 is 10.8 Å². The van der Waals surface area contributed by atoms with Gasteiger partial charge in [0.25, 0.3) is 5.91 Å². The highest BCUT2D eigenvalue weighted by molar-refractivity contribution is 5.99. The molecule has 25 heavy (non-hydrogen) atoms. The summed E-state index contributed by atoms with van der Waals surface area (Å²) < 4.78 is 5.47. The Morgan fingerprint density at radius 2 is 1.88 bits per heavy atom. The summed E-state index contributed by atoms with van der Waals surface area (Å²) in [4.78, 5) is 17.9. The Kier molecular flexibility index (Phi) is 5.68. The van der Waals surface area contributed by atoms with Crippen LogP contribution in [0.25, 0.3) is 0 Å². The maximum absolute atomic E-state index is 12.5. The number of hydroxylamine groups is 1. The molecule has 2 aromatic rings. The summed E-state index contributed by atoms with van der Waals surface area (Å²) in [5.74, 6) is -0.289. The molecule has 1 saturated heterocycles. The molecule has 1 aliphatic rings. The summed E-state index contributed by atoms with van der Waals surface area (Å²) in [7, 11) is 0. The van der Waals surface area contributed by atoms with Gasteiger partial charge in [0.05, 0.1) is 11.3 Å². The normalized spacial score (nSPS) is 17.1. The third-order valence-corrected chi connectivity index (χ3v) is 4.47. The summed E-state index contributed by atoms with van der Waals surface area (Å²) >= 11 is 0. The molecule has 5 nitrogen and oxygen atoms in total. The van der Waals surface area contributed by atoms with Crippen LogP contribution in [0.5, 0.6) is 0 Å². The summed E-state index contributed by atoms with van der Waals surface area (Å²) in [6, 6.07) is 13.5. The van der Waals surface area contributed by atoms with Gasteiger partial charge in [-0.3, -0.25) is 4.79 Å².